The predicted molar refractivity (Wildman–Crippen MR) is 124 cm³/mol. The summed E-state index contributed by atoms with van der Waals surface area (Å²) in [4.78, 5) is 13.8. The molecule has 3 rings (SSSR count). The number of aliphatic imine (C=N–C) groups is 1. The SMILES string of the molecule is CN=C(NCCc1ccc(-c2csc(C)n2)s1)N(C)Cc1cn(C)nc1C(C)C. The topological polar surface area (TPSA) is 58.3 Å². The van der Waals surface area contributed by atoms with Crippen LogP contribution in [0.2, 0.25) is 0 Å². The van der Waals surface area contributed by atoms with Crippen LogP contribution < -0.4 is 5.32 Å². The van der Waals surface area contributed by atoms with Gasteiger partial charge in [-0.05, 0) is 31.4 Å². The summed E-state index contributed by atoms with van der Waals surface area (Å²) in [6.07, 6.45) is 3.07. The Bertz CT molecular complexity index is 966. The molecule has 0 saturated carbocycles. The Kier molecular flexibility index (Phi) is 7.08. The Hall–Kier alpha value is -2.19. The number of aryl methyl sites for hydroxylation is 2. The lowest BCUT2D eigenvalue weighted by Crippen LogP contribution is -2.39. The number of guanidine groups is 1. The van der Waals surface area contributed by atoms with Crippen molar-refractivity contribution >= 4 is 28.6 Å². The number of nitrogens with one attached hydrogen (secondary N) is 1. The van der Waals surface area contributed by atoms with Gasteiger partial charge >= 0.3 is 0 Å². The minimum atomic E-state index is 0.407. The molecule has 0 aliphatic carbocycles. The molecule has 0 amide bonds. The molecule has 0 spiro atoms. The first-order valence-electron chi connectivity index (χ1n) is 9.82. The number of thiophene rings is 1. The van der Waals surface area contributed by atoms with Crippen LogP contribution >= 0.6 is 22.7 Å². The number of hydrogen-bond donors (Lipinski definition) is 1. The van der Waals surface area contributed by atoms with Gasteiger partial charge in [0.25, 0.3) is 0 Å². The van der Waals surface area contributed by atoms with Crippen molar-refractivity contribution in [1.82, 2.24) is 25.0 Å². The van der Waals surface area contributed by atoms with Gasteiger partial charge in [-0.15, -0.1) is 22.7 Å². The fourth-order valence-corrected chi connectivity index (χ4v) is 4.96. The van der Waals surface area contributed by atoms with Crippen LogP contribution in [0.5, 0.6) is 0 Å². The van der Waals surface area contributed by atoms with Gasteiger partial charge in [-0.1, -0.05) is 13.8 Å². The van der Waals surface area contributed by atoms with Crippen LogP contribution in [-0.4, -0.2) is 46.3 Å². The van der Waals surface area contributed by atoms with E-state index in [0.29, 0.717) is 5.92 Å². The van der Waals surface area contributed by atoms with Crippen molar-refractivity contribution in [2.75, 3.05) is 20.6 Å². The number of nitrogens with zero attached hydrogens (tertiary/aromatic N) is 5. The average molecular weight is 431 g/mol. The fourth-order valence-electron chi connectivity index (χ4n) is 3.30. The zero-order chi connectivity index (χ0) is 21.0. The van der Waals surface area contributed by atoms with Crippen LogP contribution in [0, 0.1) is 6.92 Å². The Balaban J connectivity index is 1.55. The lowest BCUT2D eigenvalue weighted by atomic mass is 10.1. The number of thiazole rings is 1. The van der Waals surface area contributed by atoms with Gasteiger partial charge in [-0.2, -0.15) is 5.10 Å². The van der Waals surface area contributed by atoms with Crippen LogP contribution in [0.25, 0.3) is 10.6 Å². The van der Waals surface area contributed by atoms with E-state index in [-0.39, 0.29) is 0 Å². The molecule has 0 radical (unpaired) electrons. The van der Waals surface area contributed by atoms with E-state index in [2.05, 4.69) is 69.9 Å². The highest BCUT2D eigenvalue weighted by Gasteiger charge is 2.15. The van der Waals surface area contributed by atoms with Gasteiger partial charge in [-0.25, -0.2) is 4.98 Å². The van der Waals surface area contributed by atoms with Crippen LogP contribution in [0.1, 0.15) is 40.9 Å². The van der Waals surface area contributed by atoms with Crippen molar-refractivity contribution < 1.29 is 0 Å². The summed E-state index contributed by atoms with van der Waals surface area (Å²) in [5.74, 6) is 1.31. The van der Waals surface area contributed by atoms with Gasteiger partial charge in [-0.3, -0.25) is 9.67 Å². The number of rotatable bonds is 7. The van der Waals surface area contributed by atoms with Gasteiger partial charge in [0, 0.05) is 56.3 Å². The standard InChI is InChI=1S/C21H30N6S2/c1-14(2)20-16(12-27(6)25-20)11-26(5)21(22-4)23-10-9-17-7-8-19(29-17)18-13-28-15(3)24-18/h7-8,12-14H,9-11H2,1-6H3,(H,22,23). The first-order chi connectivity index (χ1) is 13.9. The zero-order valence-corrected chi connectivity index (χ0v) is 19.7. The van der Waals surface area contributed by atoms with Crippen molar-refractivity contribution in [3.8, 4) is 10.6 Å². The molecular formula is C21H30N6S2. The highest BCUT2D eigenvalue weighted by molar-refractivity contribution is 7.16. The summed E-state index contributed by atoms with van der Waals surface area (Å²) in [6.45, 7) is 8.04. The van der Waals surface area contributed by atoms with Crippen LogP contribution in [0.4, 0.5) is 0 Å². The molecule has 0 aliphatic heterocycles. The minimum Gasteiger partial charge on any atom is -0.356 e. The second kappa shape index (κ2) is 9.54. The van der Waals surface area contributed by atoms with Crippen molar-refractivity contribution in [2.45, 2.75) is 39.7 Å². The fraction of sp³-hybridized carbons (Fsp3) is 0.476. The highest BCUT2D eigenvalue weighted by Crippen LogP contribution is 2.29. The van der Waals surface area contributed by atoms with E-state index in [0.717, 1.165) is 41.9 Å². The van der Waals surface area contributed by atoms with Crippen molar-refractivity contribution in [3.63, 3.8) is 0 Å². The lowest BCUT2D eigenvalue weighted by molar-refractivity contribution is 0.474. The van der Waals surface area contributed by atoms with Crippen LogP contribution in [-0.2, 0) is 20.0 Å². The molecule has 0 bridgehead atoms. The third kappa shape index (κ3) is 5.45. The maximum atomic E-state index is 4.61. The largest absolute Gasteiger partial charge is 0.356 e. The number of hydrogen-bond acceptors (Lipinski definition) is 5. The molecule has 0 unspecified atom stereocenters. The molecule has 3 aromatic rings. The summed E-state index contributed by atoms with van der Waals surface area (Å²) in [6, 6.07) is 4.37. The molecule has 3 aromatic heterocycles. The second-order valence-electron chi connectivity index (χ2n) is 7.47. The normalized spacial score (nSPS) is 12.0. The maximum absolute atomic E-state index is 4.61. The molecule has 0 saturated heterocycles. The molecule has 0 atom stereocenters. The highest BCUT2D eigenvalue weighted by atomic mass is 32.1. The molecule has 0 aromatic carbocycles. The Morgan fingerprint density at radius 1 is 1.34 bits per heavy atom. The Morgan fingerprint density at radius 3 is 2.79 bits per heavy atom. The molecule has 0 fully saturated rings. The first kappa shape index (κ1) is 21.5. The molecule has 0 aliphatic rings. The van der Waals surface area contributed by atoms with Gasteiger partial charge in [0.15, 0.2) is 5.96 Å². The minimum absolute atomic E-state index is 0.407. The van der Waals surface area contributed by atoms with Gasteiger partial charge in [0.1, 0.15) is 0 Å². The summed E-state index contributed by atoms with van der Waals surface area (Å²) in [5.41, 5.74) is 3.48. The summed E-state index contributed by atoms with van der Waals surface area (Å²) < 4.78 is 1.90. The zero-order valence-electron chi connectivity index (χ0n) is 18.1. The average Bonchev–Trinajstić information content (AvgIpc) is 3.38. The third-order valence-electron chi connectivity index (χ3n) is 4.65. The lowest BCUT2D eigenvalue weighted by Gasteiger charge is -2.22. The quantitative estimate of drug-likeness (QED) is 0.449. The summed E-state index contributed by atoms with van der Waals surface area (Å²) in [5, 5.41) is 11.3. The maximum Gasteiger partial charge on any atom is 0.193 e. The van der Waals surface area contributed by atoms with E-state index >= 15 is 0 Å². The van der Waals surface area contributed by atoms with E-state index in [9.17, 15) is 0 Å². The number of aromatic nitrogens is 3. The monoisotopic (exact) mass is 430 g/mol. The van der Waals surface area contributed by atoms with Gasteiger partial charge in [0.2, 0.25) is 0 Å². The molecule has 3 heterocycles. The molecule has 8 heteroatoms. The van der Waals surface area contributed by atoms with Crippen molar-refractivity contribution in [2.24, 2.45) is 12.0 Å². The van der Waals surface area contributed by atoms with Crippen molar-refractivity contribution in [3.05, 3.63) is 44.9 Å². The van der Waals surface area contributed by atoms with E-state index in [1.54, 1.807) is 11.3 Å². The predicted octanol–water partition coefficient (Wildman–Crippen LogP) is 4.29. The second-order valence-corrected chi connectivity index (χ2v) is 9.70. The molecule has 6 nitrogen and oxygen atoms in total. The smallest absolute Gasteiger partial charge is 0.193 e. The van der Waals surface area contributed by atoms with Crippen LogP contribution in [0.3, 0.4) is 0 Å². The van der Waals surface area contributed by atoms with E-state index in [4.69, 9.17) is 0 Å². The van der Waals surface area contributed by atoms with Crippen molar-refractivity contribution in [1.29, 1.82) is 0 Å². The molecular weight excluding hydrogens is 400 g/mol. The van der Waals surface area contributed by atoms with Gasteiger partial charge in [0.05, 0.1) is 21.3 Å². The van der Waals surface area contributed by atoms with E-state index < -0.39 is 0 Å². The third-order valence-corrected chi connectivity index (χ3v) is 6.59. The summed E-state index contributed by atoms with van der Waals surface area (Å²) in [7, 11) is 5.88. The van der Waals surface area contributed by atoms with Crippen LogP contribution in [0.15, 0.2) is 28.7 Å². The Labute approximate surface area is 181 Å². The first-order valence-corrected chi connectivity index (χ1v) is 11.5. The van der Waals surface area contributed by atoms with E-state index in [1.807, 2.05) is 37.0 Å². The Morgan fingerprint density at radius 2 is 2.14 bits per heavy atom. The van der Waals surface area contributed by atoms with Gasteiger partial charge < -0.3 is 10.2 Å². The molecule has 1 N–H and O–H groups in total. The molecule has 29 heavy (non-hydrogen) atoms. The molecule has 156 valence electrons. The summed E-state index contributed by atoms with van der Waals surface area (Å²) >= 11 is 3.51. The van der Waals surface area contributed by atoms with E-state index in [1.165, 1.54) is 15.3 Å².